The molecule has 0 aliphatic carbocycles. The van der Waals surface area contributed by atoms with Gasteiger partial charge < -0.3 is 9.73 Å². The highest BCUT2D eigenvalue weighted by molar-refractivity contribution is 6.20. The van der Waals surface area contributed by atoms with E-state index in [1.807, 2.05) is 13.8 Å². The molecule has 1 aromatic heterocycles. The van der Waals surface area contributed by atoms with Gasteiger partial charge in [-0.3, -0.25) is 4.79 Å². The van der Waals surface area contributed by atoms with E-state index in [9.17, 15) is 4.79 Å². The number of amides is 1. The summed E-state index contributed by atoms with van der Waals surface area (Å²) in [6.45, 7) is 3.82. The molecule has 14 heavy (non-hydrogen) atoms. The van der Waals surface area contributed by atoms with Gasteiger partial charge in [-0.2, -0.15) is 0 Å². The molecule has 2 atom stereocenters. The van der Waals surface area contributed by atoms with Crippen LogP contribution in [0.15, 0.2) is 22.8 Å². The average molecular weight is 216 g/mol. The fourth-order valence-electron chi connectivity index (χ4n) is 1.25. The maximum Gasteiger partial charge on any atom is 0.287 e. The van der Waals surface area contributed by atoms with Gasteiger partial charge in [-0.15, -0.1) is 11.6 Å². The lowest BCUT2D eigenvalue weighted by atomic mass is 10.2. The zero-order chi connectivity index (χ0) is 10.6. The summed E-state index contributed by atoms with van der Waals surface area (Å²) in [7, 11) is 0. The topological polar surface area (TPSA) is 42.2 Å². The third-order valence-corrected chi connectivity index (χ3v) is 1.98. The molecule has 78 valence electrons. The minimum atomic E-state index is -0.195. The molecule has 0 spiro atoms. The Bertz CT molecular complexity index is 282. The van der Waals surface area contributed by atoms with Gasteiger partial charge in [-0.1, -0.05) is 0 Å². The minimum Gasteiger partial charge on any atom is -0.459 e. The highest BCUT2D eigenvalue weighted by Crippen LogP contribution is 2.06. The van der Waals surface area contributed by atoms with Crippen LogP contribution in [0, 0.1) is 0 Å². The van der Waals surface area contributed by atoms with Crippen molar-refractivity contribution >= 4 is 17.5 Å². The number of furan rings is 1. The zero-order valence-corrected chi connectivity index (χ0v) is 9.04. The predicted octanol–water partition coefficient (Wildman–Crippen LogP) is 2.42. The Kier molecular flexibility index (Phi) is 4.01. The van der Waals surface area contributed by atoms with E-state index in [0.29, 0.717) is 5.76 Å². The van der Waals surface area contributed by atoms with Crippen LogP contribution in [0.2, 0.25) is 0 Å². The first-order chi connectivity index (χ1) is 6.59. The number of hydrogen-bond donors (Lipinski definition) is 1. The molecule has 0 radical (unpaired) electrons. The highest BCUT2D eigenvalue weighted by Gasteiger charge is 2.13. The van der Waals surface area contributed by atoms with Gasteiger partial charge >= 0.3 is 0 Å². The van der Waals surface area contributed by atoms with Gasteiger partial charge in [0.1, 0.15) is 0 Å². The van der Waals surface area contributed by atoms with Crippen LogP contribution in [0.4, 0.5) is 0 Å². The predicted molar refractivity (Wildman–Crippen MR) is 55.6 cm³/mol. The van der Waals surface area contributed by atoms with Gasteiger partial charge in [0, 0.05) is 11.4 Å². The Morgan fingerprint density at radius 1 is 1.64 bits per heavy atom. The van der Waals surface area contributed by atoms with E-state index in [4.69, 9.17) is 16.0 Å². The Balaban J connectivity index is 2.41. The second-order valence-corrected chi connectivity index (χ2v) is 4.11. The summed E-state index contributed by atoms with van der Waals surface area (Å²) in [5, 5.41) is 2.85. The second kappa shape index (κ2) is 5.05. The number of carbonyl (C=O) groups excluding carboxylic acids is 1. The van der Waals surface area contributed by atoms with E-state index in [2.05, 4.69) is 5.32 Å². The van der Waals surface area contributed by atoms with Crippen molar-refractivity contribution in [2.45, 2.75) is 31.7 Å². The van der Waals surface area contributed by atoms with Crippen molar-refractivity contribution < 1.29 is 9.21 Å². The third kappa shape index (κ3) is 3.42. The van der Waals surface area contributed by atoms with Gasteiger partial charge in [0.15, 0.2) is 5.76 Å². The van der Waals surface area contributed by atoms with Crippen LogP contribution in [0.1, 0.15) is 30.8 Å². The monoisotopic (exact) mass is 215 g/mol. The maximum absolute atomic E-state index is 11.4. The second-order valence-electron chi connectivity index (χ2n) is 3.37. The molecule has 0 aromatic carbocycles. The third-order valence-electron chi connectivity index (χ3n) is 1.80. The van der Waals surface area contributed by atoms with Crippen molar-refractivity contribution in [3.8, 4) is 0 Å². The van der Waals surface area contributed by atoms with Crippen LogP contribution < -0.4 is 5.32 Å². The van der Waals surface area contributed by atoms with Gasteiger partial charge in [-0.25, -0.2) is 0 Å². The first-order valence-corrected chi connectivity index (χ1v) is 5.01. The fraction of sp³-hybridized carbons (Fsp3) is 0.500. The summed E-state index contributed by atoms with van der Waals surface area (Å²) >= 11 is 5.81. The Hall–Kier alpha value is -0.960. The number of carbonyl (C=O) groups is 1. The van der Waals surface area contributed by atoms with E-state index in [0.717, 1.165) is 6.42 Å². The van der Waals surface area contributed by atoms with Crippen molar-refractivity contribution in [2.75, 3.05) is 0 Å². The van der Waals surface area contributed by atoms with Crippen LogP contribution in [-0.2, 0) is 0 Å². The number of halogens is 1. The van der Waals surface area contributed by atoms with Gasteiger partial charge in [0.05, 0.1) is 6.26 Å². The molecule has 1 heterocycles. The summed E-state index contributed by atoms with van der Waals surface area (Å²) in [6.07, 6.45) is 2.22. The van der Waals surface area contributed by atoms with E-state index in [1.54, 1.807) is 12.1 Å². The largest absolute Gasteiger partial charge is 0.459 e. The minimum absolute atomic E-state index is 0.0556. The van der Waals surface area contributed by atoms with Crippen LogP contribution in [0.3, 0.4) is 0 Å². The number of alkyl halides is 1. The van der Waals surface area contributed by atoms with E-state index in [1.165, 1.54) is 6.26 Å². The van der Waals surface area contributed by atoms with E-state index >= 15 is 0 Å². The average Bonchev–Trinajstić information content (AvgIpc) is 2.53. The smallest absolute Gasteiger partial charge is 0.287 e. The Morgan fingerprint density at radius 3 is 2.86 bits per heavy atom. The summed E-state index contributed by atoms with van der Waals surface area (Å²) < 4.78 is 4.96. The molecule has 4 heteroatoms. The first kappa shape index (κ1) is 11.1. The van der Waals surface area contributed by atoms with Crippen LogP contribution >= 0.6 is 11.6 Å². The lowest BCUT2D eigenvalue weighted by molar-refractivity contribution is 0.0910. The molecule has 0 bridgehead atoms. The Labute approximate surface area is 88.4 Å². The van der Waals surface area contributed by atoms with Crippen LogP contribution in [0.25, 0.3) is 0 Å². The van der Waals surface area contributed by atoms with Crippen molar-refractivity contribution in [3.63, 3.8) is 0 Å². The van der Waals surface area contributed by atoms with E-state index in [-0.39, 0.29) is 17.3 Å². The Morgan fingerprint density at radius 2 is 2.36 bits per heavy atom. The highest BCUT2D eigenvalue weighted by atomic mass is 35.5. The molecule has 0 saturated carbocycles. The van der Waals surface area contributed by atoms with Crippen LogP contribution in [0.5, 0.6) is 0 Å². The molecule has 0 aliphatic heterocycles. The lowest BCUT2D eigenvalue weighted by Crippen LogP contribution is -2.33. The number of hydrogen-bond acceptors (Lipinski definition) is 2. The first-order valence-electron chi connectivity index (χ1n) is 4.58. The molecule has 1 N–H and O–H groups in total. The summed E-state index contributed by atoms with van der Waals surface area (Å²) in [6, 6.07) is 3.37. The van der Waals surface area contributed by atoms with Gasteiger partial charge in [0.2, 0.25) is 0 Å². The molecule has 1 amide bonds. The summed E-state index contributed by atoms with van der Waals surface area (Å²) in [5.74, 6) is 0.138. The molecule has 0 fully saturated rings. The van der Waals surface area contributed by atoms with Crippen molar-refractivity contribution in [1.82, 2.24) is 5.32 Å². The van der Waals surface area contributed by atoms with Gasteiger partial charge in [0.25, 0.3) is 5.91 Å². The molecule has 0 aliphatic rings. The molecular weight excluding hydrogens is 202 g/mol. The zero-order valence-electron chi connectivity index (χ0n) is 8.29. The molecule has 1 rings (SSSR count). The van der Waals surface area contributed by atoms with E-state index < -0.39 is 0 Å². The number of rotatable bonds is 4. The quantitative estimate of drug-likeness (QED) is 0.784. The molecule has 1 aromatic rings. The molecule has 3 nitrogen and oxygen atoms in total. The van der Waals surface area contributed by atoms with Crippen molar-refractivity contribution in [2.24, 2.45) is 0 Å². The fourth-order valence-corrected chi connectivity index (χ4v) is 1.52. The molecular formula is C10H14ClNO2. The van der Waals surface area contributed by atoms with Crippen molar-refractivity contribution in [1.29, 1.82) is 0 Å². The standard InChI is InChI=1S/C10H14ClNO2/c1-7(11)6-8(2)12-10(13)9-4-3-5-14-9/h3-5,7-8H,6H2,1-2H3,(H,12,13). The van der Waals surface area contributed by atoms with Crippen LogP contribution in [-0.4, -0.2) is 17.3 Å². The number of nitrogens with one attached hydrogen (secondary N) is 1. The molecule has 0 saturated heterocycles. The lowest BCUT2D eigenvalue weighted by Gasteiger charge is -2.13. The van der Waals surface area contributed by atoms with Gasteiger partial charge in [-0.05, 0) is 32.4 Å². The summed E-state index contributed by atoms with van der Waals surface area (Å²) in [4.78, 5) is 11.4. The summed E-state index contributed by atoms with van der Waals surface area (Å²) in [5.41, 5.74) is 0. The molecule has 2 unspecified atom stereocenters. The normalized spacial score (nSPS) is 14.8. The SMILES string of the molecule is CC(Cl)CC(C)NC(=O)c1ccco1. The maximum atomic E-state index is 11.4. The van der Waals surface area contributed by atoms with Crippen molar-refractivity contribution in [3.05, 3.63) is 24.2 Å².